The SMILES string of the molecule is CNC(c1ccc2c(c1)CC(=O)N2)c1c(F)cccc1Cl. The average Bonchev–Trinajstić information content (AvgIpc) is 2.82. The topological polar surface area (TPSA) is 41.1 Å². The van der Waals surface area contributed by atoms with Gasteiger partial charge < -0.3 is 10.6 Å². The molecule has 2 aromatic rings. The van der Waals surface area contributed by atoms with E-state index < -0.39 is 0 Å². The van der Waals surface area contributed by atoms with E-state index >= 15 is 0 Å². The zero-order valence-electron chi connectivity index (χ0n) is 11.4. The van der Waals surface area contributed by atoms with E-state index in [0.29, 0.717) is 17.0 Å². The predicted octanol–water partition coefficient (Wildman–Crippen LogP) is 3.28. The summed E-state index contributed by atoms with van der Waals surface area (Å²) in [6.45, 7) is 0. The van der Waals surface area contributed by atoms with Gasteiger partial charge in [0.15, 0.2) is 0 Å². The van der Waals surface area contributed by atoms with Crippen LogP contribution >= 0.6 is 11.6 Å². The number of benzene rings is 2. The lowest BCUT2D eigenvalue weighted by Crippen LogP contribution is -2.19. The van der Waals surface area contributed by atoms with Crippen LogP contribution in [-0.2, 0) is 11.2 Å². The van der Waals surface area contributed by atoms with E-state index in [0.717, 1.165) is 16.8 Å². The van der Waals surface area contributed by atoms with E-state index in [9.17, 15) is 9.18 Å². The van der Waals surface area contributed by atoms with Crippen molar-refractivity contribution in [1.82, 2.24) is 5.32 Å². The Labute approximate surface area is 127 Å². The normalized spacial score (nSPS) is 14.7. The van der Waals surface area contributed by atoms with E-state index in [1.54, 1.807) is 19.2 Å². The highest BCUT2D eigenvalue weighted by molar-refractivity contribution is 6.31. The van der Waals surface area contributed by atoms with Crippen molar-refractivity contribution < 1.29 is 9.18 Å². The van der Waals surface area contributed by atoms with Gasteiger partial charge in [0.2, 0.25) is 5.91 Å². The van der Waals surface area contributed by atoms with E-state index in [1.807, 2.05) is 18.2 Å². The molecule has 1 aliphatic heterocycles. The summed E-state index contributed by atoms with van der Waals surface area (Å²) in [5.41, 5.74) is 3.03. The largest absolute Gasteiger partial charge is 0.326 e. The van der Waals surface area contributed by atoms with Gasteiger partial charge in [0, 0.05) is 16.3 Å². The fraction of sp³-hybridized carbons (Fsp3) is 0.188. The second kappa shape index (κ2) is 5.47. The Kier molecular flexibility index (Phi) is 3.66. The molecule has 0 bridgehead atoms. The molecule has 108 valence electrons. The molecule has 1 amide bonds. The van der Waals surface area contributed by atoms with Crippen LogP contribution in [0.1, 0.15) is 22.7 Å². The van der Waals surface area contributed by atoms with Crippen LogP contribution in [0.2, 0.25) is 5.02 Å². The molecule has 0 fully saturated rings. The maximum atomic E-state index is 14.1. The van der Waals surface area contributed by atoms with Crippen molar-refractivity contribution in [2.45, 2.75) is 12.5 Å². The van der Waals surface area contributed by atoms with Crippen LogP contribution in [0.4, 0.5) is 10.1 Å². The first-order chi connectivity index (χ1) is 10.1. The van der Waals surface area contributed by atoms with E-state index in [1.165, 1.54) is 6.07 Å². The number of carbonyl (C=O) groups excluding carboxylic acids is 1. The van der Waals surface area contributed by atoms with Crippen molar-refractivity contribution in [1.29, 1.82) is 0 Å². The molecular weight excluding hydrogens is 291 g/mol. The zero-order valence-corrected chi connectivity index (χ0v) is 12.2. The molecule has 0 radical (unpaired) electrons. The molecule has 3 rings (SSSR count). The summed E-state index contributed by atoms with van der Waals surface area (Å²) in [4.78, 5) is 11.4. The number of carbonyl (C=O) groups is 1. The fourth-order valence-electron chi connectivity index (χ4n) is 2.69. The molecule has 21 heavy (non-hydrogen) atoms. The highest BCUT2D eigenvalue weighted by atomic mass is 35.5. The number of hydrogen-bond acceptors (Lipinski definition) is 2. The molecule has 1 atom stereocenters. The smallest absolute Gasteiger partial charge is 0.228 e. The maximum absolute atomic E-state index is 14.1. The molecule has 0 saturated carbocycles. The minimum absolute atomic E-state index is 0.0212. The minimum atomic E-state index is -0.361. The second-order valence-electron chi connectivity index (χ2n) is 5.00. The van der Waals surface area contributed by atoms with Gasteiger partial charge in [0.25, 0.3) is 0 Å². The lowest BCUT2D eigenvalue weighted by Gasteiger charge is -2.20. The Bertz CT molecular complexity index is 697. The molecule has 0 aromatic heterocycles. The Balaban J connectivity index is 2.05. The van der Waals surface area contributed by atoms with Gasteiger partial charge in [0.1, 0.15) is 5.82 Å². The van der Waals surface area contributed by atoms with Gasteiger partial charge in [-0.1, -0.05) is 29.8 Å². The summed E-state index contributed by atoms with van der Waals surface area (Å²) in [7, 11) is 1.75. The minimum Gasteiger partial charge on any atom is -0.326 e. The van der Waals surface area contributed by atoms with Gasteiger partial charge in [-0.15, -0.1) is 0 Å². The first kappa shape index (κ1) is 14.0. The molecule has 1 aliphatic rings. The standard InChI is InChI=1S/C16H14ClFN2O/c1-19-16(15-11(17)3-2-4-12(15)18)9-5-6-13-10(7-9)8-14(21)20-13/h2-7,16,19H,8H2,1H3,(H,20,21). The molecule has 2 aromatic carbocycles. The van der Waals surface area contributed by atoms with Crippen molar-refractivity contribution in [2.75, 3.05) is 12.4 Å². The van der Waals surface area contributed by atoms with Crippen molar-refractivity contribution in [3.05, 3.63) is 63.9 Å². The van der Waals surface area contributed by atoms with Gasteiger partial charge in [-0.25, -0.2) is 4.39 Å². The lowest BCUT2D eigenvalue weighted by molar-refractivity contribution is -0.115. The van der Waals surface area contributed by atoms with Crippen LogP contribution in [0.5, 0.6) is 0 Å². The Morgan fingerprint density at radius 2 is 2.14 bits per heavy atom. The van der Waals surface area contributed by atoms with Crippen molar-refractivity contribution in [2.24, 2.45) is 0 Å². The van der Waals surface area contributed by atoms with Crippen LogP contribution in [-0.4, -0.2) is 13.0 Å². The van der Waals surface area contributed by atoms with Gasteiger partial charge in [0.05, 0.1) is 12.5 Å². The number of rotatable bonds is 3. The molecule has 0 saturated heterocycles. The van der Waals surface area contributed by atoms with Crippen LogP contribution in [0, 0.1) is 5.82 Å². The summed E-state index contributed by atoms with van der Waals surface area (Å²) in [6, 6.07) is 9.91. The van der Waals surface area contributed by atoms with Crippen LogP contribution in [0.3, 0.4) is 0 Å². The first-order valence-corrected chi connectivity index (χ1v) is 7.02. The molecule has 0 spiro atoms. The van der Waals surface area contributed by atoms with Crippen LogP contribution < -0.4 is 10.6 Å². The average molecular weight is 305 g/mol. The monoisotopic (exact) mass is 304 g/mol. The lowest BCUT2D eigenvalue weighted by atomic mass is 9.96. The number of amides is 1. The maximum Gasteiger partial charge on any atom is 0.228 e. The molecule has 5 heteroatoms. The molecule has 1 unspecified atom stereocenters. The Morgan fingerprint density at radius 3 is 2.86 bits per heavy atom. The highest BCUT2D eigenvalue weighted by Gasteiger charge is 2.23. The van der Waals surface area contributed by atoms with Gasteiger partial charge >= 0.3 is 0 Å². The zero-order chi connectivity index (χ0) is 15.0. The van der Waals surface area contributed by atoms with Crippen LogP contribution in [0.25, 0.3) is 0 Å². The van der Waals surface area contributed by atoms with E-state index in [2.05, 4.69) is 10.6 Å². The summed E-state index contributed by atoms with van der Waals surface area (Å²) in [5, 5.41) is 6.25. The second-order valence-corrected chi connectivity index (χ2v) is 5.41. The number of nitrogens with one attached hydrogen (secondary N) is 2. The number of hydrogen-bond donors (Lipinski definition) is 2. The summed E-state index contributed by atoms with van der Waals surface area (Å²) in [6.07, 6.45) is 0.352. The molecule has 3 nitrogen and oxygen atoms in total. The fourth-order valence-corrected chi connectivity index (χ4v) is 2.97. The van der Waals surface area contributed by atoms with Crippen molar-refractivity contribution in [3.63, 3.8) is 0 Å². The third-order valence-electron chi connectivity index (χ3n) is 3.66. The Morgan fingerprint density at radius 1 is 1.33 bits per heavy atom. The number of anilines is 1. The number of fused-ring (bicyclic) bond motifs is 1. The summed E-state index contributed by atoms with van der Waals surface area (Å²) < 4.78 is 14.1. The summed E-state index contributed by atoms with van der Waals surface area (Å²) in [5.74, 6) is -0.372. The van der Waals surface area contributed by atoms with Crippen molar-refractivity contribution >= 4 is 23.2 Å². The first-order valence-electron chi connectivity index (χ1n) is 6.64. The third-order valence-corrected chi connectivity index (χ3v) is 3.99. The highest BCUT2D eigenvalue weighted by Crippen LogP contribution is 2.33. The molecule has 1 heterocycles. The van der Waals surface area contributed by atoms with E-state index in [4.69, 9.17) is 11.6 Å². The van der Waals surface area contributed by atoms with Gasteiger partial charge in [-0.05, 0) is 36.4 Å². The van der Waals surface area contributed by atoms with E-state index in [-0.39, 0.29) is 17.8 Å². The van der Waals surface area contributed by atoms with Crippen LogP contribution in [0.15, 0.2) is 36.4 Å². The predicted molar refractivity (Wildman–Crippen MR) is 81.1 cm³/mol. The quantitative estimate of drug-likeness (QED) is 0.913. The summed E-state index contributed by atoms with van der Waals surface area (Å²) >= 11 is 6.15. The molecular formula is C16H14ClFN2O. The molecule has 2 N–H and O–H groups in total. The number of halogens is 2. The molecule has 0 aliphatic carbocycles. The van der Waals surface area contributed by atoms with Gasteiger partial charge in [-0.3, -0.25) is 4.79 Å². The van der Waals surface area contributed by atoms with Gasteiger partial charge in [-0.2, -0.15) is 0 Å². The van der Waals surface area contributed by atoms with Crippen molar-refractivity contribution in [3.8, 4) is 0 Å². The Hall–Kier alpha value is -1.91. The third kappa shape index (κ3) is 2.52.